The highest BCUT2D eigenvalue weighted by Gasteiger charge is 2.23. The maximum atomic E-state index is 11.6. The highest BCUT2D eigenvalue weighted by Crippen LogP contribution is 2.14. The number of ether oxygens (including phenoxy) is 1. The van der Waals surface area contributed by atoms with E-state index in [0.717, 1.165) is 24.1 Å². The standard InChI is InChI=1S/C10H18N2O.C8H8O2/c1-4-9-8(7-12(2)3)10(13)5-6-11-9;9-7-10-6-8-4-2-1-3-5-8/h7,9,11H,4-6H2,1-3H3;1-5,7H,6H2. The van der Waals surface area contributed by atoms with Crippen molar-refractivity contribution in [1.29, 1.82) is 0 Å². The minimum Gasteiger partial charge on any atom is -0.463 e. The van der Waals surface area contributed by atoms with Crippen LogP contribution in [0.25, 0.3) is 0 Å². The zero-order valence-corrected chi connectivity index (χ0v) is 14.1. The number of carbonyl (C=O) groups is 2. The average Bonchev–Trinajstić information content (AvgIpc) is 2.56. The molecular weight excluding hydrogens is 292 g/mol. The molecule has 0 radical (unpaired) electrons. The Labute approximate surface area is 138 Å². The van der Waals surface area contributed by atoms with E-state index in [9.17, 15) is 9.59 Å². The number of Topliss-reactive ketones (excluding diaryl/α,β-unsaturated/α-hetero) is 1. The van der Waals surface area contributed by atoms with Crippen LogP contribution in [0.2, 0.25) is 0 Å². The van der Waals surface area contributed by atoms with Gasteiger partial charge < -0.3 is 15.0 Å². The Balaban J connectivity index is 0.000000238. The lowest BCUT2D eigenvalue weighted by molar-refractivity contribution is -0.129. The van der Waals surface area contributed by atoms with Crippen molar-refractivity contribution in [2.75, 3.05) is 20.6 Å². The van der Waals surface area contributed by atoms with Crippen LogP contribution in [0.3, 0.4) is 0 Å². The van der Waals surface area contributed by atoms with Crippen molar-refractivity contribution in [2.24, 2.45) is 0 Å². The largest absolute Gasteiger partial charge is 0.463 e. The molecule has 1 saturated heterocycles. The number of carbonyl (C=O) groups excluding carboxylic acids is 2. The Bertz CT molecular complexity index is 512. The topological polar surface area (TPSA) is 58.6 Å². The van der Waals surface area contributed by atoms with E-state index in [1.54, 1.807) is 0 Å². The van der Waals surface area contributed by atoms with Gasteiger partial charge in [0.25, 0.3) is 6.47 Å². The van der Waals surface area contributed by atoms with Crippen molar-refractivity contribution in [3.63, 3.8) is 0 Å². The molecule has 0 saturated carbocycles. The number of nitrogens with one attached hydrogen (secondary N) is 1. The van der Waals surface area contributed by atoms with Crippen molar-refractivity contribution in [1.82, 2.24) is 10.2 Å². The molecule has 0 amide bonds. The van der Waals surface area contributed by atoms with E-state index in [1.165, 1.54) is 0 Å². The summed E-state index contributed by atoms with van der Waals surface area (Å²) in [5, 5.41) is 3.34. The third kappa shape index (κ3) is 7.10. The number of ketones is 1. The van der Waals surface area contributed by atoms with E-state index in [2.05, 4.69) is 17.0 Å². The molecule has 0 aromatic heterocycles. The molecule has 1 aliphatic rings. The number of hydrogen-bond acceptors (Lipinski definition) is 5. The van der Waals surface area contributed by atoms with Gasteiger partial charge in [0, 0.05) is 44.9 Å². The summed E-state index contributed by atoms with van der Waals surface area (Å²) in [6.07, 6.45) is 3.55. The maximum Gasteiger partial charge on any atom is 0.293 e. The first kappa shape index (κ1) is 18.9. The lowest BCUT2D eigenvalue weighted by atomic mass is 9.95. The van der Waals surface area contributed by atoms with E-state index >= 15 is 0 Å². The van der Waals surface area contributed by atoms with E-state index in [0.29, 0.717) is 25.3 Å². The minimum absolute atomic E-state index is 0.253. The van der Waals surface area contributed by atoms with Gasteiger partial charge in [-0.05, 0) is 12.0 Å². The van der Waals surface area contributed by atoms with Gasteiger partial charge in [-0.15, -0.1) is 0 Å². The molecule has 0 bridgehead atoms. The second-order valence-electron chi connectivity index (χ2n) is 5.53. The third-order valence-corrected chi connectivity index (χ3v) is 3.41. The summed E-state index contributed by atoms with van der Waals surface area (Å²) in [7, 11) is 3.89. The molecule has 0 aliphatic carbocycles. The van der Waals surface area contributed by atoms with Crippen LogP contribution in [0.15, 0.2) is 42.1 Å². The Kier molecular flexibility index (Phi) is 8.68. The van der Waals surface area contributed by atoms with Crippen molar-refractivity contribution < 1.29 is 14.3 Å². The molecule has 5 heteroatoms. The first-order valence-corrected chi connectivity index (χ1v) is 7.82. The molecule has 1 atom stereocenters. The monoisotopic (exact) mass is 318 g/mol. The Morgan fingerprint density at radius 1 is 1.30 bits per heavy atom. The Morgan fingerprint density at radius 3 is 2.57 bits per heavy atom. The quantitative estimate of drug-likeness (QED) is 0.666. The number of hydrogen-bond donors (Lipinski definition) is 1. The second-order valence-corrected chi connectivity index (χ2v) is 5.53. The summed E-state index contributed by atoms with van der Waals surface area (Å²) >= 11 is 0. The number of piperidine rings is 1. The van der Waals surface area contributed by atoms with Crippen molar-refractivity contribution in [3.8, 4) is 0 Å². The summed E-state index contributed by atoms with van der Waals surface area (Å²) in [5.41, 5.74) is 1.94. The zero-order chi connectivity index (χ0) is 17.1. The lowest BCUT2D eigenvalue weighted by Gasteiger charge is -2.25. The molecule has 5 nitrogen and oxygen atoms in total. The molecule has 2 rings (SSSR count). The van der Waals surface area contributed by atoms with Crippen molar-refractivity contribution in [3.05, 3.63) is 47.7 Å². The van der Waals surface area contributed by atoms with Gasteiger partial charge >= 0.3 is 0 Å². The smallest absolute Gasteiger partial charge is 0.293 e. The van der Waals surface area contributed by atoms with Crippen LogP contribution < -0.4 is 5.32 Å². The van der Waals surface area contributed by atoms with Gasteiger partial charge in [0.15, 0.2) is 5.78 Å². The highest BCUT2D eigenvalue weighted by molar-refractivity contribution is 5.97. The summed E-state index contributed by atoms with van der Waals surface area (Å²) in [5.74, 6) is 0.291. The van der Waals surface area contributed by atoms with Crippen molar-refractivity contribution in [2.45, 2.75) is 32.4 Å². The average molecular weight is 318 g/mol. The molecule has 1 heterocycles. The van der Waals surface area contributed by atoms with Crippen LogP contribution in [-0.4, -0.2) is 43.8 Å². The van der Waals surface area contributed by atoms with Crippen LogP contribution >= 0.6 is 0 Å². The van der Waals surface area contributed by atoms with E-state index in [1.807, 2.05) is 55.5 Å². The molecule has 1 unspecified atom stereocenters. The van der Waals surface area contributed by atoms with Gasteiger partial charge in [0.2, 0.25) is 0 Å². The van der Waals surface area contributed by atoms with E-state index in [-0.39, 0.29) is 6.04 Å². The van der Waals surface area contributed by atoms with Gasteiger partial charge in [-0.1, -0.05) is 37.3 Å². The van der Waals surface area contributed by atoms with Gasteiger partial charge in [-0.2, -0.15) is 0 Å². The molecule has 23 heavy (non-hydrogen) atoms. The molecule has 1 aromatic rings. The summed E-state index contributed by atoms with van der Waals surface area (Å²) < 4.78 is 4.54. The molecule has 1 aromatic carbocycles. The predicted octanol–water partition coefficient (Wildman–Crippen LogP) is 2.13. The normalized spacial score (nSPS) is 18.8. The maximum absolute atomic E-state index is 11.6. The van der Waals surface area contributed by atoms with Gasteiger partial charge in [-0.25, -0.2) is 0 Å². The predicted molar refractivity (Wildman–Crippen MR) is 90.8 cm³/mol. The SMILES string of the molecule is CCC1NCCC(=O)C1=CN(C)C.O=COCc1ccccc1. The van der Waals surface area contributed by atoms with Crippen LogP contribution in [0.1, 0.15) is 25.3 Å². The summed E-state index contributed by atoms with van der Waals surface area (Å²) in [6.45, 7) is 3.74. The van der Waals surface area contributed by atoms with Crippen LogP contribution in [0.5, 0.6) is 0 Å². The fraction of sp³-hybridized carbons (Fsp3) is 0.444. The molecular formula is C18H26N2O3. The highest BCUT2D eigenvalue weighted by atomic mass is 16.5. The Morgan fingerprint density at radius 2 is 2.00 bits per heavy atom. The fourth-order valence-corrected chi connectivity index (χ4v) is 2.32. The number of nitrogens with zero attached hydrogens (tertiary/aromatic N) is 1. The van der Waals surface area contributed by atoms with Crippen LogP contribution in [0, 0.1) is 0 Å². The minimum atomic E-state index is 0.253. The van der Waals surface area contributed by atoms with Crippen molar-refractivity contribution >= 4 is 12.3 Å². The molecule has 1 fully saturated rings. The van der Waals surface area contributed by atoms with Gasteiger partial charge in [-0.3, -0.25) is 9.59 Å². The van der Waals surface area contributed by atoms with E-state index in [4.69, 9.17) is 0 Å². The lowest BCUT2D eigenvalue weighted by Crippen LogP contribution is -2.40. The number of rotatable bonds is 5. The molecule has 1 N–H and O–H groups in total. The third-order valence-electron chi connectivity index (χ3n) is 3.41. The zero-order valence-electron chi connectivity index (χ0n) is 14.1. The van der Waals surface area contributed by atoms with Crippen LogP contribution in [0.4, 0.5) is 0 Å². The van der Waals surface area contributed by atoms with Gasteiger partial charge in [0.05, 0.1) is 0 Å². The van der Waals surface area contributed by atoms with Gasteiger partial charge in [0.1, 0.15) is 6.61 Å². The summed E-state index contributed by atoms with van der Waals surface area (Å²) in [6, 6.07) is 9.80. The van der Waals surface area contributed by atoms with E-state index < -0.39 is 0 Å². The molecule has 0 spiro atoms. The Hall–Kier alpha value is -2.14. The molecule has 126 valence electrons. The van der Waals surface area contributed by atoms with Crippen LogP contribution in [-0.2, 0) is 20.9 Å². The second kappa shape index (κ2) is 10.6. The molecule has 1 aliphatic heterocycles. The number of benzene rings is 1. The first-order valence-electron chi connectivity index (χ1n) is 7.82. The summed E-state index contributed by atoms with van der Waals surface area (Å²) in [4.78, 5) is 23.3. The fourth-order valence-electron chi connectivity index (χ4n) is 2.32. The first-order chi connectivity index (χ1) is 11.1.